The normalized spacial score (nSPS) is 11.6. The van der Waals surface area contributed by atoms with Gasteiger partial charge >= 0.3 is 18.0 Å². The van der Waals surface area contributed by atoms with Crippen molar-refractivity contribution in [2.24, 2.45) is 0 Å². The number of amides is 1. The lowest BCUT2D eigenvalue weighted by atomic mass is 9.90. The average molecular weight is 554 g/mol. The molecule has 204 valence electrons. The number of rotatable bonds is 10. The minimum absolute atomic E-state index is 0.0181. The Balaban J connectivity index is 1.48. The van der Waals surface area contributed by atoms with Crippen molar-refractivity contribution in [3.05, 3.63) is 60.2 Å². The Morgan fingerprint density at radius 1 is 0.923 bits per heavy atom. The summed E-state index contributed by atoms with van der Waals surface area (Å²) in [7, 11) is -4.47. The topological polar surface area (TPSA) is 145 Å². The van der Waals surface area contributed by atoms with Crippen LogP contribution < -0.4 is 10.1 Å². The second kappa shape index (κ2) is 11.3. The van der Waals surface area contributed by atoms with Gasteiger partial charge in [-0.25, -0.2) is 9.59 Å². The number of ether oxygens (including phenoxy) is 3. The molecule has 4 rings (SSSR count). The first-order valence-electron chi connectivity index (χ1n) is 12.1. The summed E-state index contributed by atoms with van der Waals surface area (Å²) in [6, 6.07) is 10.3. The predicted octanol–water partition coefficient (Wildman–Crippen LogP) is 4.59. The Kier molecular flexibility index (Phi) is 8.03. The zero-order valence-electron chi connectivity index (χ0n) is 21.4. The third-order valence-corrected chi connectivity index (χ3v) is 7.19. The maximum atomic E-state index is 12.6. The molecule has 2 N–H and O–H groups in total. The maximum Gasteiger partial charge on any atom is 0.407 e. The van der Waals surface area contributed by atoms with Crippen LogP contribution in [0.5, 0.6) is 5.75 Å². The lowest BCUT2D eigenvalue weighted by Crippen LogP contribution is -2.27. The van der Waals surface area contributed by atoms with Gasteiger partial charge in [0, 0.05) is 35.2 Å². The highest BCUT2D eigenvalue weighted by atomic mass is 32.2. The van der Waals surface area contributed by atoms with E-state index in [4.69, 9.17) is 14.2 Å². The van der Waals surface area contributed by atoms with E-state index >= 15 is 0 Å². The molecule has 0 radical (unpaired) electrons. The highest BCUT2D eigenvalue weighted by molar-refractivity contribution is 7.86. The molecule has 4 aromatic rings. The monoisotopic (exact) mass is 553 g/mol. The molecule has 0 aliphatic rings. The fourth-order valence-electron chi connectivity index (χ4n) is 4.55. The smallest absolute Gasteiger partial charge is 0.407 e. The molecule has 0 aromatic heterocycles. The number of hydrogen-bond donors (Lipinski definition) is 2. The van der Waals surface area contributed by atoms with Crippen molar-refractivity contribution in [2.75, 3.05) is 19.8 Å². The van der Waals surface area contributed by atoms with E-state index in [0.717, 1.165) is 27.8 Å². The highest BCUT2D eigenvalue weighted by Crippen LogP contribution is 2.43. The zero-order chi connectivity index (χ0) is 28.3. The van der Waals surface area contributed by atoms with Crippen LogP contribution in [-0.2, 0) is 29.2 Å². The Morgan fingerprint density at radius 2 is 1.51 bits per heavy atom. The Hall–Kier alpha value is -4.22. The zero-order valence-corrected chi connectivity index (χ0v) is 22.2. The molecule has 0 atom stereocenters. The number of esters is 2. The first-order valence-corrected chi connectivity index (χ1v) is 13.5. The van der Waals surface area contributed by atoms with Crippen LogP contribution >= 0.6 is 0 Å². The predicted molar refractivity (Wildman–Crippen MR) is 145 cm³/mol. The summed E-state index contributed by atoms with van der Waals surface area (Å²) >= 11 is 0. The number of aryl methyl sites for hydroxylation is 2. The van der Waals surface area contributed by atoms with Gasteiger partial charge in [-0.15, -0.1) is 0 Å². The number of hydrogen-bond acceptors (Lipinski definition) is 8. The standard InChI is InChI=1S/C28H27NO9S/c1-4-24(30)36-12-13-37-28(32)29-11-5-6-25(31)38-22-14-16(2)18-7-8-19-17(3)15-23(39(33,34)35)21-10-9-20(22)26(18)27(19)21/h4,7-10,14-15H,1,5-6,11-13H2,2-3H3,(H,29,32)(H,33,34,35). The molecule has 0 fully saturated rings. The number of alkyl carbamates (subject to hydrolysis) is 1. The van der Waals surface area contributed by atoms with Crippen molar-refractivity contribution < 1.29 is 41.6 Å². The lowest BCUT2D eigenvalue weighted by Gasteiger charge is -2.18. The molecule has 39 heavy (non-hydrogen) atoms. The third-order valence-electron chi connectivity index (χ3n) is 6.29. The molecule has 0 saturated carbocycles. The number of carbonyl (C=O) groups is 3. The number of nitrogens with one attached hydrogen (secondary N) is 1. The minimum atomic E-state index is -4.47. The van der Waals surface area contributed by atoms with E-state index in [1.165, 1.54) is 6.07 Å². The first kappa shape index (κ1) is 27.8. The molecule has 0 aliphatic carbocycles. The van der Waals surface area contributed by atoms with Crippen LogP contribution in [0.2, 0.25) is 0 Å². The van der Waals surface area contributed by atoms with E-state index in [-0.39, 0.29) is 31.1 Å². The quantitative estimate of drug-likeness (QED) is 0.0719. The van der Waals surface area contributed by atoms with Crippen molar-refractivity contribution in [3.8, 4) is 5.75 Å². The van der Waals surface area contributed by atoms with Crippen molar-refractivity contribution in [1.29, 1.82) is 0 Å². The molecule has 0 spiro atoms. The molecule has 4 aromatic carbocycles. The summed E-state index contributed by atoms with van der Waals surface area (Å²) < 4.78 is 49.3. The van der Waals surface area contributed by atoms with Gasteiger partial charge in [0.25, 0.3) is 10.1 Å². The Labute approximate surface area is 224 Å². The molecule has 10 nitrogen and oxygen atoms in total. The van der Waals surface area contributed by atoms with Gasteiger partial charge in [-0.1, -0.05) is 24.8 Å². The van der Waals surface area contributed by atoms with Crippen LogP contribution in [0.15, 0.2) is 53.9 Å². The molecule has 0 saturated heterocycles. The van der Waals surface area contributed by atoms with Gasteiger partial charge in [0.15, 0.2) is 0 Å². The average Bonchev–Trinajstić information content (AvgIpc) is 2.89. The summed E-state index contributed by atoms with van der Waals surface area (Å²) in [6.45, 7) is 6.85. The number of benzene rings is 4. The van der Waals surface area contributed by atoms with Crippen LogP contribution in [0.25, 0.3) is 32.3 Å². The van der Waals surface area contributed by atoms with Crippen LogP contribution in [0, 0.1) is 13.8 Å². The van der Waals surface area contributed by atoms with E-state index in [1.54, 1.807) is 25.1 Å². The van der Waals surface area contributed by atoms with Crippen LogP contribution in [0.3, 0.4) is 0 Å². The SMILES string of the molecule is C=CC(=O)OCCOC(=O)NCCCC(=O)Oc1cc(C)c2ccc3c(C)cc(S(=O)(=O)O)c4ccc1c2c34. The molecular weight excluding hydrogens is 526 g/mol. The van der Waals surface area contributed by atoms with Crippen LogP contribution in [0.1, 0.15) is 24.0 Å². The van der Waals surface area contributed by atoms with Crippen molar-refractivity contribution in [2.45, 2.75) is 31.6 Å². The van der Waals surface area contributed by atoms with Gasteiger partial charge < -0.3 is 19.5 Å². The summed E-state index contributed by atoms with van der Waals surface area (Å²) in [6.07, 6.45) is 0.606. The molecule has 1 amide bonds. The van der Waals surface area contributed by atoms with Gasteiger partial charge in [-0.2, -0.15) is 8.42 Å². The highest BCUT2D eigenvalue weighted by Gasteiger charge is 2.22. The second-order valence-electron chi connectivity index (χ2n) is 8.94. The fraction of sp³-hybridized carbons (Fsp3) is 0.250. The summed E-state index contributed by atoms with van der Waals surface area (Å²) in [5.41, 5.74) is 1.52. The Bertz CT molecular complexity index is 1710. The minimum Gasteiger partial charge on any atom is -0.459 e. The van der Waals surface area contributed by atoms with E-state index in [9.17, 15) is 27.4 Å². The largest absolute Gasteiger partial charge is 0.459 e. The van der Waals surface area contributed by atoms with E-state index in [2.05, 4.69) is 11.9 Å². The summed E-state index contributed by atoms with van der Waals surface area (Å²) in [4.78, 5) is 35.1. The molecule has 11 heteroatoms. The number of carbonyl (C=O) groups excluding carboxylic acids is 3. The third kappa shape index (κ3) is 5.94. The molecule has 0 unspecified atom stereocenters. The van der Waals surface area contributed by atoms with Crippen molar-refractivity contribution >= 4 is 60.5 Å². The van der Waals surface area contributed by atoms with Gasteiger partial charge in [0.2, 0.25) is 0 Å². The molecular formula is C28H27NO9S. The van der Waals surface area contributed by atoms with Gasteiger partial charge in [0.05, 0.1) is 0 Å². The molecule has 0 heterocycles. The molecule has 0 bridgehead atoms. The van der Waals surface area contributed by atoms with Gasteiger partial charge in [-0.05, 0) is 65.8 Å². The Morgan fingerprint density at radius 3 is 2.18 bits per heavy atom. The summed E-state index contributed by atoms with van der Waals surface area (Å²) in [5, 5.41) is 6.63. The van der Waals surface area contributed by atoms with E-state index in [1.807, 2.05) is 19.1 Å². The fourth-order valence-corrected chi connectivity index (χ4v) is 5.32. The first-order chi connectivity index (χ1) is 18.5. The van der Waals surface area contributed by atoms with Crippen molar-refractivity contribution in [1.82, 2.24) is 5.32 Å². The maximum absolute atomic E-state index is 12.6. The summed E-state index contributed by atoms with van der Waals surface area (Å²) in [5.74, 6) is -0.795. The second-order valence-corrected chi connectivity index (χ2v) is 10.3. The van der Waals surface area contributed by atoms with Crippen LogP contribution in [-0.4, -0.2) is 50.8 Å². The lowest BCUT2D eigenvalue weighted by molar-refractivity contribution is -0.138. The van der Waals surface area contributed by atoms with Gasteiger partial charge in [0.1, 0.15) is 23.9 Å². The molecule has 0 aliphatic heterocycles. The van der Waals surface area contributed by atoms with E-state index in [0.29, 0.717) is 33.9 Å². The van der Waals surface area contributed by atoms with Crippen molar-refractivity contribution in [3.63, 3.8) is 0 Å². The van der Waals surface area contributed by atoms with Crippen LogP contribution in [0.4, 0.5) is 4.79 Å². The van der Waals surface area contributed by atoms with E-state index < -0.39 is 28.1 Å². The van der Waals surface area contributed by atoms with Gasteiger partial charge in [-0.3, -0.25) is 9.35 Å².